The van der Waals surface area contributed by atoms with Gasteiger partial charge in [0.05, 0.1) is 19.8 Å². The average molecular weight is 296 g/mol. The number of ether oxygens (including phenoxy) is 1. The van der Waals surface area contributed by atoms with Gasteiger partial charge in [-0.3, -0.25) is 4.79 Å². The molecule has 0 unspecified atom stereocenters. The van der Waals surface area contributed by atoms with Crippen LogP contribution in [0.3, 0.4) is 0 Å². The van der Waals surface area contributed by atoms with Gasteiger partial charge in [0.2, 0.25) is 5.91 Å². The van der Waals surface area contributed by atoms with E-state index in [2.05, 4.69) is 35.6 Å². The Kier molecular flexibility index (Phi) is 3.47. The number of amides is 1. The van der Waals surface area contributed by atoms with Crippen molar-refractivity contribution in [3.05, 3.63) is 41.5 Å². The fraction of sp³-hybridized carbons (Fsp3) is 0.389. The molecule has 0 aromatic heterocycles. The maximum absolute atomic E-state index is 12.3. The second-order valence-corrected chi connectivity index (χ2v) is 5.96. The predicted molar refractivity (Wildman–Crippen MR) is 87.2 cm³/mol. The number of morpholine rings is 1. The molecule has 0 saturated carbocycles. The molecule has 2 aromatic rings. The molecule has 4 heteroatoms. The van der Waals surface area contributed by atoms with Gasteiger partial charge in [0.15, 0.2) is 0 Å². The second kappa shape index (κ2) is 5.61. The van der Waals surface area contributed by atoms with Crippen LogP contribution in [0.1, 0.15) is 11.1 Å². The monoisotopic (exact) mass is 296 g/mol. The molecule has 0 spiro atoms. The molecule has 4 rings (SSSR count). The maximum atomic E-state index is 12.3. The molecule has 2 aliphatic rings. The third kappa shape index (κ3) is 2.33. The van der Waals surface area contributed by atoms with Gasteiger partial charge in [0.25, 0.3) is 0 Å². The summed E-state index contributed by atoms with van der Waals surface area (Å²) in [5.41, 5.74) is 3.91. The number of anilines is 1. The molecule has 0 radical (unpaired) electrons. The SMILES string of the molecule is O=C(CNc1ccc2c3c(cccc13)CC2)N1CCOCC1. The number of hydrogen-bond acceptors (Lipinski definition) is 3. The number of hydrogen-bond donors (Lipinski definition) is 1. The van der Waals surface area contributed by atoms with E-state index in [1.54, 1.807) is 0 Å². The number of carbonyl (C=O) groups excluding carboxylic acids is 1. The van der Waals surface area contributed by atoms with E-state index in [1.165, 1.54) is 21.9 Å². The largest absolute Gasteiger partial charge is 0.378 e. The highest BCUT2D eigenvalue weighted by atomic mass is 16.5. The smallest absolute Gasteiger partial charge is 0.242 e. The molecule has 1 amide bonds. The van der Waals surface area contributed by atoms with E-state index in [4.69, 9.17) is 4.74 Å². The summed E-state index contributed by atoms with van der Waals surface area (Å²) in [6.45, 7) is 3.03. The van der Waals surface area contributed by atoms with E-state index in [9.17, 15) is 4.79 Å². The second-order valence-electron chi connectivity index (χ2n) is 5.96. The summed E-state index contributed by atoms with van der Waals surface area (Å²) in [6, 6.07) is 10.8. The zero-order valence-corrected chi connectivity index (χ0v) is 12.6. The topological polar surface area (TPSA) is 41.6 Å². The van der Waals surface area contributed by atoms with Crippen LogP contribution in [0.2, 0.25) is 0 Å². The number of aryl methyl sites for hydroxylation is 2. The molecule has 1 fully saturated rings. The molecule has 1 saturated heterocycles. The predicted octanol–water partition coefficient (Wildman–Crippen LogP) is 2.21. The van der Waals surface area contributed by atoms with Crippen molar-refractivity contribution >= 4 is 22.4 Å². The van der Waals surface area contributed by atoms with Crippen molar-refractivity contribution < 1.29 is 9.53 Å². The van der Waals surface area contributed by atoms with Crippen molar-refractivity contribution in [2.24, 2.45) is 0 Å². The minimum absolute atomic E-state index is 0.145. The molecule has 4 nitrogen and oxygen atoms in total. The van der Waals surface area contributed by atoms with Gasteiger partial charge in [-0.2, -0.15) is 0 Å². The van der Waals surface area contributed by atoms with Crippen LogP contribution < -0.4 is 5.32 Å². The molecule has 2 aromatic carbocycles. The van der Waals surface area contributed by atoms with Gasteiger partial charge in [-0.25, -0.2) is 0 Å². The first-order valence-electron chi connectivity index (χ1n) is 7.96. The van der Waals surface area contributed by atoms with Crippen LogP contribution >= 0.6 is 0 Å². The van der Waals surface area contributed by atoms with Gasteiger partial charge in [-0.1, -0.05) is 24.3 Å². The van der Waals surface area contributed by atoms with Crippen molar-refractivity contribution in [3.63, 3.8) is 0 Å². The first kappa shape index (κ1) is 13.6. The Labute approximate surface area is 130 Å². The number of rotatable bonds is 3. The maximum Gasteiger partial charge on any atom is 0.242 e. The van der Waals surface area contributed by atoms with Crippen LogP contribution in [-0.4, -0.2) is 43.7 Å². The first-order valence-corrected chi connectivity index (χ1v) is 7.96. The number of nitrogens with one attached hydrogen (secondary N) is 1. The third-order valence-electron chi connectivity index (χ3n) is 4.67. The lowest BCUT2D eigenvalue weighted by molar-refractivity contribution is -0.133. The Hall–Kier alpha value is -2.07. The Morgan fingerprint density at radius 2 is 1.86 bits per heavy atom. The molecule has 114 valence electrons. The van der Waals surface area contributed by atoms with Crippen molar-refractivity contribution in [2.75, 3.05) is 38.2 Å². The fourth-order valence-electron chi connectivity index (χ4n) is 3.50. The van der Waals surface area contributed by atoms with E-state index in [0.29, 0.717) is 32.8 Å². The normalized spacial score (nSPS) is 17.0. The van der Waals surface area contributed by atoms with Gasteiger partial charge < -0.3 is 15.0 Å². The van der Waals surface area contributed by atoms with Crippen molar-refractivity contribution in [2.45, 2.75) is 12.8 Å². The van der Waals surface area contributed by atoms with Crippen LogP contribution in [0.5, 0.6) is 0 Å². The van der Waals surface area contributed by atoms with Crippen molar-refractivity contribution in [1.82, 2.24) is 4.90 Å². The van der Waals surface area contributed by atoms with E-state index >= 15 is 0 Å². The zero-order valence-electron chi connectivity index (χ0n) is 12.6. The highest BCUT2D eigenvalue weighted by molar-refractivity contribution is 6.00. The van der Waals surface area contributed by atoms with Gasteiger partial charge in [-0.15, -0.1) is 0 Å². The summed E-state index contributed by atoms with van der Waals surface area (Å²) in [5.74, 6) is 0.145. The number of benzene rings is 2. The minimum Gasteiger partial charge on any atom is -0.378 e. The van der Waals surface area contributed by atoms with Gasteiger partial charge in [0.1, 0.15) is 0 Å². The van der Waals surface area contributed by atoms with Crippen molar-refractivity contribution in [1.29, 1.82) is 0 Å². The number of nitrogens with zero attached hydrogens (tertiary/aromatic N) is 1. The Morgan fingerprint density at radius 1 is 1.09 bits per heavy atom. The molecule has 0 atom stereocenters. The summed E-state index contributed by atoms with van der Waals surface area (Å²) in [6.07, 6.45) is 2.26. The van der Waals surface area contributed by atoms with Crippen LogP contribution in [-0.2, 0) is 22.4 Å². The van der Waals surface area contributed by atoms with Gasteiger partial charge in [-0.05, 0) is 35.4 Å². The van der Waals surface area contributed by atoms with Crippen LogP contribution in [0.15, 0.2) is 30.3 Å². The summed E-state index contributed by atoms with van der Waals surface area (Å²) >= 11 is 0. The van der Waals surface area contributed by atoms with Crippen LogP contribution in [0, 0.1) is 0 Å². The lowest BCUT2D eigenvalue weighted by Gasteiger charge is -2.27. The highest BCUT2D eigenvalue weighted by Crippen LogP contribution is 2.34. The molecule has 1 heterocycles. The van der Waals surface area contributed by atoms with Gasteiger partial charge >= 0.3 is 0 Å². The summed E-state index contributed by atoms with van der Waals surface area (Å²) in [4.78, 5) is 14.1. The molecule has 1 N–H and O–H groups in total. The van der Waals surface area contributed by atoms with Crippen molar-refractivity contribution in [3.8, 4) is 0 Å². The average Bonchev–Trinajstić information content (AvgIpc) is 3.00. The van der Waals surface area contributed by atoms with Crippen LogP contribution in [0.4, 0.5) is 5.69 Å². The Morgan fingerprint density at radius 3 is 2.68 bits per heavy atom. The Balaban J connectivity index is 1.54. The van der Waals surface area contributed by atoms with E-state index in [-0.39, 0.29) is 5.91 Å². The Bertz CT molecular complexity index is 710. The molecular weight excluding hydrogens is 276 g/mol. The highest BCUT2D eigenvalue weighted by Gasteiger charge is 2.18. The summed E-state index contributed by atoms with van der Waals surface area (Å²) < 4.78 is 5.29. The van der Waals surface area contributed by atoms with Crippen LogP contribution in [0.25, 0.3) is 10.8 Å². The van der Waals surface area contributed by atoms with E-state index in [1.807, 2.05) is 4.90 Å². The minimum atomic E-state index is 0.145. The summed E-state index contributed by atoms with van der Waals surface area (Å²) in [5, 5.41) is 5.95. The molecular formula is C18H20N2O2. The fourth-order valence-corrected chi connectivity index (χ4v) is 3.50. The molecule has 1 aliphatic carbocycles. The van der Waals surface area contributed by atoms with Gasteiger partial charge in [0, 0.05) is 24.2 Å². The lowest BCUT2D eigenvalue weighted by Crippen LogP contribution is -2.43. The lowest BCUT2D eigenvalue weighted by atomic mass is 10.0. The molecule has 22 heavy (non-hydrogen) atoms. The summed E-state index contributed by atoms with van der Waals surface area (Å²) in [7, 11) is 0. The van der Waals surface area contributed by atoms with E-state index < -0.39 is 0 Å². The quantitative estimate of drug-likeness (QED) is 0.944. The first-order chi connectivity index (χ1) is 10.8. The third-order valence-corrected chi connectivity index (χ3v) is 4.67. The standard InChI is InChI=1S/C18H20N2O2/c21-17(20-8-10-22-11-9-20)12-19-16-7-6-14-5-4-13-2-1-3-15(16)18(13)14/h1-3,6-7,19H,4-5,8-12H2. The molecule has 1 aliphatic heterocycles. The number of carbonyl (C=O) groups is 1. The van der Waals surface area contributed by atoms with E-state index in [0.717, 1.165) is 18.5 Å². The molecule has 0 bridgehead atoms. The zero-order chi connectivity index (χ0) is 14.9.